The van der Waals surface area contributed by atoms with Gasteiger partial charge in [-0.15, -0.1) is 0 Å². The number of rotatable bonds is 4. The fraction of sp³-hybridized carbons (Fsp3) is 0.938. The first-order valence-electron chi connectivity index (χ1n) is 7.91. The Kier molecular flexibility index (Phi) is 6.31. The van der Waals surface area contributed by atoms with E-state index >= 15 is 0 Å². The van der Waals surface area contributed by atoms with Crippen molar-refractivity contribution in [1.82, 2.24) is 10.2 Å². The molecule has 1 N–H and O–H groups in total. The van der Waals surface area contributed by atoms with Crippen molar-refractivity contribution < 1.29 is 9.53 Å². The highest BCUT2D eigenvalue weighted by Crippen LogP contribution is 2.24. The van der Waals surface area contributed by atoms with Gasteiger partial charge < -0.3 is 15.0 Å². The molecule has 1 rings (SSSR count). The van der Waals surface area contributed by atoms with Crippen LogP contribution in [0.2, 0.25) is 0 Å². The van der Waals surface area contributed by atoms with Gasteiger partial charge in [0.05, 0.1) is 0 Å². The lowest BCUT2D eigenvalue weighted by Crippen LogP contribution is -2.45. The Bertz CT molecular complexity index is 304. The van der Waals surface area contributed by atoms with Crippen molar-refractivity contribution >= 4 is 6.09 Å². The van der Waals surface area contributed by atoms with Crippen LogP contribution in [-0.4, -0.2) is 42.3 Å². The van der Waals surface area contributed by atoms with Crippen molar-refractivity contribution in [3.63, 3.8) is 0 Å². The molecule has 0 aliphatic carbocycles. The molecule has 0 radical (unpaired) electrons. The summed E-state index contributed by atoms with van der Waals surface area (Å²) < 4.78 is 5.52. The first kappa shape index (κ1) is 17.3. The SMILES string of the molecule is CC(CN(C(=O)OC(C)(C)C)C(C)C)C1CCNCC1. The molecule has 1 aliphatic rings. The number of hydrogen-bond acceptors (Lipinski definition) is 3. The number of carbonyl (C=O) groups excluding carboxylic acids is 1. The predicted octanol–water partition coefficient (Wildman–Crippen LogP) is 3.27. The largest absolute Gasteiger partial charge is 0.444 e. The van der Waals surface area contributed by atoms with Crippen molar-refractivity contribution in [3.8, 4) is 0 Å². The molecule has 1 amide bonds. The molecule has 0 aromatic heterocycles. The standard InChI is InChI=1S/C16H32N2O2/c1-12(2)18(15(19)20-16(4,5)6)11-13(3)14-7-9-17-10-8-14/h12-14,17H,7-11H2,1-6H3. The topological polar surface area (TPSA) is 41.6 Å². The second kappa shape index (κ2) is 7.30. The lowest BCUT2D eigenvalue weighted by atomic mass is 9.85. The van der Waals surface area contributed by atoms with E-state index in [0.29, 0.717) is 11.8 Å². The van der Waals surface area contributed by atoms with E-state index < -0.39 is 5.60 Å². The zero-order valence-corrected chi connectivity index (χ0v) is 14.0. The molecule has 4 heteroatoms. The van der Waals surface area contributed by atoms with Crippen LogP contribution < -0.4 is 5.32 Å². The zero-order chi connectivity index (χ0) is 15.3. The van der Waals surface area contributed by atoms with E-state index in [4.69, 9.17) is 4.74 Å². The van der Waals surface area contributed by atoms with E-state index in [1.807, 2.05) is 25.7 Å². The number of amides is 1. The Morgan fingerprint density at radius 1 is 1.25 bits per heavy atom. The average Bonchev–Trinajstić information content (AvgIpc) is 2.34. The van der Waals surface area contributed by atoms with Crippen molar-refractivity contribution in [2.75, 3.05) is 19.6 Å². The van der Waals surface area contributed by atoms with Gasteiger partial charge in [-0.2, -0.15) is 0 Å². The zero-order valence-electron chi connectivity index (χ0n) is 14.0. The second-order valence-electron chi connectivity index (χ2n) is 7.29. The van der Waals surface area contributed by atoms with Gasteiger partial charge in [-0.05, 0) is 72.4 Å². The minimum Gasteiger partial charge on any atom is -0.444 e. The van der Waals surface area contributed by atoms with Crippen LogP contribution in [0.4, 0.5) is 4.79 Å². The predicted molar refractivity (Wildman–Crippen MR) is 82.8 cm³/mol. The maximum absolute atomic E-state index is 12.3. The molecule has 118 valence electrons. The first-order valence-corrected chi connectivity index (χ1v) is 7.91. The molecule has 1 heterocycles. The highest BCUT2D eigenvalue weighted by Gasteiger charge is 2.28. The third-order valence-corrected chi connectivity index (χ3v) is 3.92. The summed E-state index contributed by atoms with van der Waals surface area (Å²) in [5.74, 6) is 1.23. The molecule has 0 bridgehead atoms. The summed E-state index contributed by atoms with van der Waals surface area (Å²) in [5.41, 5.74) is -0.428. The maximum atomic E-state index is 12.3. The van der Waals surface area contributed by atoms with Crippen LogP contribution >= 0.6 is 0 Å². The van der Waals surface area contributed by atoms with Crippen molar-refractivity contribution in [2.45, 2.75) is 66.0 Å². The Morgan fingerprint density at radius 2 is 1.80 bits per heavy atom. The van der Waals surface area contributed by atoms with Crippen molar-refractivity contribution in [3.05, 3.63) is 0 Å². The van der Waals surface area contributed by atoms with Crippen molar-refractivity contribution in [1.29, 1.82) is 0 Å². The molecular weight excluding hydrogens is 252 g/mol. The second-order valence-corrected chi connectivity index (χ2v) is 7.29. The number of hydrogen-bond donors (Lipinski definition) is 1. The maximum Gasteiger partial charge on any atom is 0.410 e. The average molecular weight is 284 g/mol. The van der Waals surface area contributed by atoms with E-state index in [2.05, 4.69) is 26.1 Å². The molecule has 0 saturated carbocycles. The van der Waals surface area contributed by atoms with E-state index in [9.17, 15) is 4.79 Å². The van der Waals surface area contributed by atoms with E-state index in [0.717, 1.165) is 19.6 Å². The molecule has 0 aromatic rings. The third kappa shape index (κ3) is 5.70. The Hall–Kier alpha value is -0.770. The van der Waals surface area contributed by atoms with Gasteiger partial charge in [0.25, 0.3) is 0 Å². The summed E-state index contributed by atoms with van der Waals surface area (Å²) in [7, 11) is 0. The molecule has 1 fully saturated rings. The lowest BCUT2D eigenvalue weighted by Gasteiger charge is -2.35. The first-order chi connectivity index (χ1) is 9.20. The van der Waals surface area contributed by atoms with Gasteiger partial charge in [0.15, 0.2) is 0 Å². The van der Waals surface area contributed by atoms with Crippen LogP contribution in [0.3, 0.4) is 0 Å². The minimum absolute atomic E-state index is 0.175. The van der Waals surface area contributed by atoms with Crippen LogP contribution in [0.25, 0.3) is 0 Å². The summed E-state index contributed by atoms with van der Waals surface area (Å²) in [5, 5.41) is 3.39. The van der Waals surface area contributed by atoms with Gasteiger partial charge >= 0.3 is 6.09 Å². The van der Waals surface area contributed by atoms with Crippen LogP contribution in [0, 0.1) is 11.8 Å². The Morgan fingerprint density at radius 3 is 2.25 bits per heavy atom. The Balaban J connectivity index is 2.59. The third-order valence-electron chi connectivity index (χ3n) is 3.92. The van der Waals surface area contributed by atoms with Crippen LogP contribution in [0.15, 0.2) is 0 Å². The van der Waals surface area contributed by atoms with Gasteiger partial charge in [-0.1, -0.05) is 6.92 Å². The quantitative estimate of drug-likeness (QED) is 0.861. The Labute approximate surface area is 124 Å². The highest BCUT2D eigenvalue weighted by atomic mass is 16.6. The van der Waals surface area contributed by atoms with Gasteiger partial charge in [0, 0.05) is 12.6 Å². The molecule has 1 unspecified atom stereocenters. The summed E-state index contributed by atoms with van der Waals surface area (Å²) in [6.45, 7) is 15.1. The van der Waals surface area contributed by atoms with Gasteiger partial charge in [0.2, 0.25) is 0 Å². The van der Waals surface area contributed by atoms with Crippen molar-refractivity contribution in [2.24, 2.45) is 11.8 Å². The molecule has 1 atom stereocenters. The van der Waals surface area contributed by atoms with Crippen LogP contribution in [-0.2, 0) is 4.74 Å². The number of nitrogens with one attached hydrogen (secondary N) is 1. The fourth-order valence-electron chi connectivity index (χ4n) is 2.69. The molecule has 1 aliphatic heterocycles. The summed E-state index contributed by atoms with van der Waals surface area (Å²) >= 11 is 0. The van der Waals surface area contributed by atoms with Crippen LogP contribution in [0.5, 0.6) is 0 Å². The van der Waals surface area contributed by atoms with E-state index in [1.54, 1.807) is 0 Å². The summed E-state index contributed by atoms with van der Waals surface area (Å²) in [6.07, 6.45) is 2.23. The van der Waals surface area contributed by atoms with E-state index in [1.165, 1.54) is 12.8 Å². The number of carbonyl (C=O) groups is 1. The minimum atomic E-state index is -0.428. The van der Waals surface area contributed by atoms with Crippen LogP contribution in [0.1, 0.15) is 54.4 Å². The number of piperidine rings is 1. The molecule has 0 aromatic carbocycles. The highest BCUT2D eigenvalue weighted by molar-refractivity contribution is 5.68. The van der Waals surface area contributed by atoms with Gasteiger partial charge in [-0.25, -0.2) is 4.79 Å². The smallest absolute Gasteiger partial charge is 0.410 e. The number of ether oxygens (including phenoxy) is 1. The molecule has 0 spiro atoms. The molecular formula is C16H32N2O2. The fourth-order valence-corrected chi connectivity index (χ4v) is 2.69. The molecule has 20 heavy (non-hydrogen) atoms. The number of nitrogens with zero attached hydrogens (tertiary/aromatic N) is 1. The van der Waals surface area contributed by atoms with Gasteiger partial charge in [-0.3, -0.25) is 0 Å². The monoisotopic (exact) mass is 284 g/mol. The van der Waals surface area contributed by atoms with Gasteiger partial charge in [0.1, 0.15) is 5.60 Å². The normalized spacial score (nSPS) is 18.9. The summed E-state index contributed by atoms with van der Waals surface area (Å²) in [6, 6.07) is 0.175. The summed E-state index contributed by atoms with van der Waals surface area (Å²) in [4.78, 5) is 14.2. The molecule has 4 nitrogen and oxygen atoms in total. The van der Waals surface area contributed by atoms with E-state index in [-0.39, 0.29) is 12.1 Å². The lowest BCUT2D eigenvalue weighted by molar-refractivity contribution is 0.0134. The molecule has 1 saturated heterocycles.